The summed E-state index contributed by atoms with van der Waals surface area (Å²) in [6, 6.07) is 17.3. The third kappa shape index (κ3) is 2.62. The number of para-hydroxylation sites is 1. The molecule has 140 valence electrons. The summed E-state index contributed by atoms with van der Waals surface area (Å²) in [6.07, 6.45) is 3.71. The molecule has 4 rings (SSSR count). The van der Waals surface area contributed by atoms with Gasteiger partial charge in [0.05, 0.1) is 12.6 Å². The number of carbonyl (C=O) groups excluding carboxylic acids is 1. The Hall–Kier alpha value is -3.89. The molecule has 2 aliphatic rings. The standard InChI is InChI=1S/C25H19N3O/c1-25(2)19-11-7-8-12-21(19)28(4)22(25)14-13-18-23(20(15-26)27-3)16-9-5-6-10-17(16)24(18)29/h5-14H,1-2,4H3/b18-13-,22-14+,23-20+. The van der Waals surface area contributed by atoms with Crippen LogP contribution in [0.2, 0.25) is 0 Å². The van der Waals surface area contributed by atoms with Gasteiger partial charge in [0, 0.05) is 40.6 Å². The van der Waals surface area contributed by atoms with Crippen LogP contribution in [0.25, 0.3) is 10.4 Å². The summed E-state index contributed by atoms with van der Waals surface area (Å²) < 4.78 is 0. The minimum atomic E-state index is -0.224. The number of ketones is 1. The number of allylic oxidation sites excluding steroid dienone is 6. The van der Waals surface area contributed by atoms with Crippen LogP contribution in [0.3, 0.4) is 0 Å². The molecule has 0 aromatic heterocycles. The molecule has 0 atom stereocenters. The summed E-state index contributed by atoms with van der Waals surface area (Å²) in [7, 11) is 2.01. The predicted molar refractivity (Wildman–Crippen MR) is 114 cm³/mol. The Morgan fingerprint density at radius 2 is 1.76 bits per heavy atom. The van der Waals surface area contributed by atoms with E-state index in [-0.39, 0.29) is 16.9 Å². The van der Waals surface area contributed by atoms with Crippen LogP contribution in [0.15, 0.2) is 77.7 Å². The van der Waals surface area contributed by atoms with Crippen molar-refractivity contribution in [3.8, 4) is 6.07 Å². The van der Waals surface area contributed by atoms with E-state index in [0.717, 1.165) is 11.4 Å². The highest BCUT2D eigenvalue weighted by Gasteiger charge is 2.38. The Morgan fingerprint density at radius 3 is 2.41 bits per heavy atom. The molecule has 4 heteroatoms. The van der Waals surface area contributed by atoms with Crippen LogP contribution in [0, 0.1) is 17.9 Å². The Bertz CT molecular complexity index is 1210. The molecule has 4 nitrogen and oxygen atoms in total. The van der Waals surface area contributed by atoms with E-state index in [4.69, 9.17) is 6.57 Å². The fraction of sp³-hybridized carbons (Fsp3) is 0.160. The Morgan fingerprint density at radius 1 is 1.10 bits per heavy atom. The maximum absolute atomic E-state index is 13.1. The normalized spacial score (nSPS) is 21.0. The number of nitrogens with zero attached hydrogens (tertiary/aromatic N) is 3. The third-order valence-electron chi connectivity index (χ3n) is 5.76. The van der Waals surface area contributed by atoms with Crippen LogP contribution < -0.4 is 4.90 Å². The summed E-state index contributed by atoms with van der Waals surface area (Å²) in [5.74, 6) is -0.153. The smallest absolute Gasteiger partial charge is 0.270 e. The Labute approximate surface area is 170 Å². The quantitative estimate of drug-likeness (QED) is 0.386. The third-order valence-corrected chi connectivity index (χ3v) is 5.76. The van der Waals surface area contributed by atoms with Crippen molar-refractivity contribution >= 4 is 17.0 Å². The zero-order valence-electron chi connectivity index (χ0n) is 16.5. The molecule has 0 bridgehead atoms. The van der Waals surface area contributed by atoms with Crippen molar-refractivity contribution in [2.45, 2.75) is 19.3 Å². The second-order valence-electron chi connectivity index (χ2n) is 7.66. The van der Waals surface area contributed by atoms with Crippen LogP contribution in [0.4, 0.5) is 5.69 Å². The number of anilines is 1. The van der Waals surface area contributed by atoms with Crippen molar-refractivity contribution in [2.75, 3.05) is 11.9 Å². The van der Waals surface area contributed by atoms with Gasteiger partial charge in [0.15, 0.2) is 5.78 Å². The second kappa shape index (κ2) is 6.62. The molecule has 0 fully saturated rings. The molecular formula is C25H19N3O. The molecule has 29 heavy (non-hydrogen) atoms. The Kier molecular flexibility index (Phi) is 4.22. The van der Waals surface area contributed by atoms with Crippen molar-refractivity contribution < 1.29 is 4.79 Å². The van der Waals surface area contributed by atoms with E-state index in [1.807, 2.05) is 37.4 Å². The van der Waals surface area contributed by atoms with Crippen LogP contribution >= 0.6 is 0 Å². The van der Waals surface area contributed by atoms with Gasteiger partial charge < -0.3 is 4.90 Å². The predicted octanol–water partition coefficient (Wildman–Crippen LogP) is 5.27. The molecule has 0 saturated heterocycles. The van der Waals surface area contributed by atoms with E-state index in [1.165, 1.54) is 5.56 Å². The van der Waals surface area contributed by atoms with Gasteiger partial charge in [-0.25, -0.2) is 10.1 Å². The van der Waals surface area contributed by atoms with Gasteiger partial charge in [0.25, 0.3) is 5.70 Å². The maximum atomic E-state index is 13.1. The molecule has 1 aliphatic heterocycles. The van der Waals surface area contributed by atoms with Gasteiger partial charge in [0.2, 0.25) is 0 Å². The van der Waals surface area contributed by atoms with E-state index >= 15 is 0 Å². The molecule has 2 aromatic rings. The number of carbonyl (C=O) groups is 1. The Balaban J connectivity index is 1.90. The highest BCUT2D eigenvalue weighted by molar-refractivity contribution is 6.27. The van der Waals surface area contributed by atoms with Crippen molar-refractivity contribution in [1.29, 1.82) is 5.26 Å². The lowest BCUT2D eigenvalue weighted by Gasteiger charge is -2.23. The zero-order chi connectivity index (χ0) is 20.8. The molecule has 0 amide bonds. The maximum Gasteiger partial charge on any atom is 0.270 e. The highest BCUT2D eigenvalue weighted by Crippen LogP contribution is 2.47. The van der Waals surface area contributed by atoms with E-state index in [1.54, 1.807) is 24.3 Å². The average molecular weight is 377 g/mol. The van der Waals surface area contributed by atoms with Crippen LogP contribution in [-0.2, 0) is 5.41 Å². The average Bonchev–Trinajstić information content (AvgIpc) is 3.11. The first-order valence-corrected chi connectivity index (χ1v) is 9.33. The first-order valence-electron chi connectivity index (χ1n) is 9.33. The van der Waals surface area contributed by atoms with Gasteiger partial charge in [-0.05, 0) is 29.3 Å². The topological polar surface area (TPSA) is 48.5 Å². The molecule has 0 saturated carbocycles. The SMILES string of the molecule is [C-]#[N+]/C(C#N)=C1/C(=C/C=C2/N(C)c3ccccc3C2(C)C)C(=O)c2ccccc21. The lowest BCUT2D eigenvalue weighted by atomic mass is 9.83. The lowest BCUT2D eigenvalue weighted by molar-refractivity contribution is 0.104. The number of Topliss-reactive ketones (excluding diaryl/α,β-unsaturated/α-hetero) is 1. The molecule has 0 N–H and O–H groups in total. The van der Waals surface area contributed by atoms with Crippen molar-refractivity contribution in [1.82, 2.24) is 0 Å². The van der Waals surface area contributed by atoms with Gasteiger partial charge in [-0.2, -0.15) is 0 Å². The van der Waals surface area contributed by atoms with Gasteiger partial charge in [0.1, 0.15) is 0 Å². The second-order valence-corrected chi connectivity index (χ2v) is 7.66. The summed E-state index contributed by atoms with van der Waals surface area (Å²) in [5, 5.41) is 9.46. The summed E-state index contributed by atoms with van der Waals surface area (Å²) in [4.78, 5) is 18.6. The molecular weight excluding hydrogens is 358 g/mol. The van der Waals surface area contributed by atoms with Crippen LogP contribution in [0.1, 0.15) is 35.3 Å². The lowest BCUT2D eigenvalue weighted by Crippen LogP contribution is -2.22. The van der Waals surface area contributed by atoms with Gasteiger partial charge in [-0.3, -0.25) is 4.79 Å². The minimum absolute atomic E-state index is 0.0599. The van der Waals surface area contributed by atoms with Crippen LogP contribution in [-0.4, -0.2) is 12.8 Å². The molecule has 0 spiro atoms. The summed E-state index contributed by atoms with van der Waals surface area (Å²) in [5.41, 5.74) is 5.13. The van der Waals surface area contributed by atoms with Gasteiger partial charge in [-0.15, -0.1) is 0 Å². The first-order chi connectivity index (χ1) is 13.9. The fourth-order valence-corrected chi connectivity index (χ4v) is 4.32. The number of fused-ring (bicyclic) bond motifs is 2. The fourth-order valence-electron chi connectivity index (χ4n) is 4.32. The number of benzene rings is 2. The van der Waals surface area contributed by atoms with Crippen LogP contribution in [0.5, 0.6) is 0 Å². The summed E-state index contributed by atoms with van der Waals surface area (Å²) in [6.45, 7) is 11.7. The zero-order valence-corrected chi connectivity index (χ0v) is 16.5. The van der Waals surface area contributed by atoms with E-state index in [9.17, 15) is 10.1 Å². The first kappa shape index (κ1) is 18.5. The minimum Gasteiger partial charge on any atom is -0.347 e. The van der Waals surface area contributed by atoms with E-state index in [2.05, 4.69) is 35.7 Å². The van der Waals surface area contributed by atoms with Crippen molar-refractivity contribution in [2.24, 2.45) is 0 Å². The molecule has 1 aliphatic carbocycles. The van der Waals surface area contributed by atoms with E-state index < -0.39 is 0 Å². The highest BCUT2D eigenvalue weighted by atomic mass is 16.1. The number of rotatable bonds is 1. The van der Waals surface area contributed by atoms with Crippen molar-refractivity contribution in [3.63, 3.8) is 0 Å². The van der Waals surface area contributed by atoms with Gasteiger partial charge >= 0.3 is 0 Å². The number of hydrogen-bond acceptors (Lipinski definition) is 3. The monoisotopic (exact) mass is 377 g/mol. The molecule has 1 heterocycles. The van der Waals surface area contributed by atoms with Crippen molar-refractivity contribution in [3.05, 3.63) is 106 Å². The largest absolute Gasteiger partial charge is 0.347 e. The number of likely N-dealkylation sites (N-methyl/N-ethyl adjacent to an activating group) is 1. The molecule has 0 radical (unpaired) electrons. The summed E-state index contributed by atoms with van der Waals surface area (Å²) >= 11 is 0. The molecule has 0 unspecified atom stereocenters. The molecule has 2 aromatic carbocycles. The van der Waals surface area contributed by atoms with Gasteiger partial charge in [-0.1, -0.05) is 56.3 Å². The van der Waals surface area contributed by atoms with E-state index in [0.29, 0.717) is 22.3 Å². The number of nitriles is 1. The number of hydrogen-bond donors (Lipinski definition) is 0.